The van der Waals surface area contributed by atoms with Gasteiger partial charge in [-0.3, -0.25) is 0 Å². The summed E-state index contributed by atoms with van der Waals surface area (Å²) in [6, 6.07) is 7.14. The largest absolute Gasteiger partial charge is 0.444 e. The first-order valence-electron chi connectivity index (χ1n) is 7.43. The van der Waals surface area contributed by atoms with Gasteiger partial charge in [-0.1, -0.05) is 12.1 Å². The number of amides is 2. The minimum absolute atomic E-state index is 0.217. The van der Waals surface area contributed by atoms with E-state index in [2.05, 4.69) is 21.2 Å². The van der Waals surface area contributed by atoms with Gasteiger partial charge in [-0.05, 0) is 48.8 Å². The van der Waals surface area contributed by atoms with E-state index in [0.717, 1.165) is 4.47 Å². The normalized spacial score (nSPS) is 14.9. The molecule has 2 amide bonds. The zero-order chi connectivity index (χ0) is 17.0. The molecule has 1 saturated heterocycles. The molecular weight excluding hydrogens is 364 g/mol. The Hall–Kier alpha value is -1.76. The molecule has 126 valence electrons. The smallest absolute Gasteiger partial charge is 0.412 e. The van der Waals surface area contributed by atoms with Gasteiger partial charge >= 0.3 is 12.2 Å². The number of para-hydroxylation sites is 1. The van der Waals surface area contributed by atoms with Crippen molar-refractivity contribution in [1.82, 2.24) is 10.2 Å². The molecule has 1 fully saturated rings. The topological polar surface area (TPSA) is 67.9 Å². The number of nitrogens with one attached hydrogen (secondary N) is 1. The molecule has 0 saturated carbocycles. The highest BCUT2D eigenvalue weighted by Gasteiger charge is 2.33. The Balaban J connectivity index is 1.68. The van der Waals surface area contributed by atoms with Crippen LogP contribution in [-0.4, -0.2) is 42.3 Å². The molecule has 6 nitrogen and oxygen atoms in total. The monoisotopic (exact) mass is 384 g/mol. The first-order chi connectivity index (χ1) is 10.7. The predicted octanol–water partition coefficient (Wildman–Crippen LogP) is 3.40. The second kappa shape index (κ2) is 7.21. The summed E-state index contributed by atoms with van der Waals surface area (Å²) in [5, 5.41) is 2.71. The number of benzene rings is 1. The minimum atomic E-state index is -0.507. The molecule has 0 aliphatic carbocycles. The molecule has 0 spiro atoms. The maximum absolute atomic E-state index is 11.8. The first kappa shape index (κ1) is 17.6. The van der Waals surface area contributed by atoms with Gasteiger partial charge in [0.2, 0.25) is 0 Å². The minimum Gasteiger partial charge on any atom is -0.444 e. The summed E-state index contributed by atoms with van der Waals surface area (Å²) in [6.07, 6.45) is -0.822. The molecule has 23 heavy (non-hydrogen) atoms. The lowest BCUT2D eigenvalue weighted by Crippen LogP contribution is -2.55. The molecule has 2 rings (SSSR count). The zero-order valence-electron chi connectivity index (χ0n) is 13.5. The summed E-state index contributed by atoms with van der Waals surface area (Å²) in [5.41, 5.74) is -0.493. The standard InChI is InChI=1S/C16H21BrN2O4/c1-16(2,3)23-15(21)19-9-11(10-19)8-18-14(20)22-13-7-5-4-6-12(13)17/h4-7,11H,8-10H2,1-3H3,(H,18,20). The average molecular weight is 385 g/mol. The van der Waals surface area contributed by atoms with E-state index in [1.54, 1.807) is 23.1 Å². The lowest BCUT2D eigenvalue weighted by Gasteiger charge is -2.39. The van der Waals surface area contributed by atoms with Crippen molar-refractivity contribution in [3.63, 3.8) is 0 Å². The van der Waals surface area contributed by atoms with Gasteiger partial charge in [0.15, 0.2) is 0 Å². The molecular formula is C16H21BrN2O4. The molecule has 1 aromatic carbocycles. The van der Waals surface area contributed by atoms with E-state index >= 15 is 0 Å². The van der Waals surface area contributed by atoms with Crippen LogP contribution in [0.5, 0.6) is 5.75 Å². The van der Waals surface area contributed by atoms with Gasteiger partial charge in [0, 0.05) is 25.6 Å². The number of likely N-dealkylation sites (tertiary alicyclic amines) is 1. The molecule has 0 aromatic heterocycles. The highest BCUT2D eigenvalue weighted by Crippen LogP contribution is 2.24. The van der Waals surface area contributed by atoms with Gasteiger partial charge in [0.05, 0.1) is 4.47 Å². The van der Waals surface area contributed by atoms with Gasteiger partial charge in [-0.15, -0.1) is 0 Å². The number of ether oxygens (including phenoxy) is 2. The molecule has 1 aromatic rings. The fourth-order valence-electron chi connectivity index (χ4n) is 2.07. The predicted molar refractivity (Wildman–Crippen MR) is 89.5 cm³/mol. The van der Waals surface area contributed by atoms with Crippen LogP contribution in [-0.2, 0) is 4.74 Å². The maximum atomic E-state index is 11.8. The summed E-state index contributed by atoms with van der Waals surface area (Å²) in [6.45, 7) is 7.11. The van der Waals surface area contributed by atoms with Crippen molar-refractivity contribution in [1.29, 1.82) is 0 Å². The Labute approximate surface area is 144 Å². The van der Waals surface area contributed by atoms with E-state index in [0.29, 0.717) is 25.4 Å². The summed E-state index contributed by atoms with van der Waals surface area (Å²) in [5.74, 6) is 0.684. The number of hydrogen-bond donors (Lipinski definition) is 1. The van der Waals surface area contributed by atoms with Crippen LogP contribution in [0.25, 0.3) is 0 Å². The van der Waals surface area contributed by atoms with Gasteiger partial charge in [0.1, 0.15) is 11.4 Å². The van der Waals surface area contributed by atoms with Crippen LogP contribution >= 0.6 is 15.9 Å². The van der Waals surface area contributed by atoms with Crippen LogP contribution in [0.4, 0.5) is 9.59 Å². The Morgan fingerprint density at radius 3 is 2.57 bits per heavy atom. The summed E-state index contributed by atoms with van der Waals surface area (Å²) < 4.78 is 11.2. The molecule has 1 heterocycles. The third kappa shape index (κ3) is 5.42. The first-order valence-corrected chi connectivity index (χ1v) is 8.22. The van der Waals surface area contributed by atoms with Crippen LogP contribution in [0.2, 0.25) is 0 Å². The zero-order valence-corrected chi connectivity index (χ0v) is 15.1. The van der Waals surface area contributed by atoms with E-state index in [1.165, 1.54) is 0 Å². The van der Waals surface area contributed by atoms with Gasteiger partial charge in [-0.2, -0.15) is 0 Å². The Morgan fingerprint density at radius 1 is 1.30 bits per heavy atom. The van der Waals surface area contributed by atoms with E-state index in [1.807, 2.05) is 26.8 Å². The molecule has 7 heteroatoms. The third-order valence-electron chi connectivity index (χ3n) is 3.18. The number of nitrogens with zero attached hydrogens (tertiary/aromatic N) is 1. The van der Waals surface area contributed by atoms with Crippen molar-refractivity contribution in [3.05, 3.63) is 28.7 Å². The molecule has 0 radical (unpaired) electrons. The van der Waals surface area contributed by atoms with Crippen molar-refractivity contribution in [2.24, 2.45) is 5.92 Å². The highest BCUT2D eigenvalue weighted by atomic mass is 79.9. The van der Waals surface area contributed by atoms with Gasteiger partial charge < -0.3 is 19.7 Å². The average Bonchev–Trinajstić information content (AvgIpc) is 2.37. The number of carbonyl (C=O) groups excluding carboxylic acids is 2. The third-order valence-corrected chi connectivity index (χ3v) is 3.84. The van der Waals surface area contributed by atoms with E-state index in [-0.39, 0.29) is 12.0 Å². The molecule has 0 unspecified atom stereocenters. The number of halogens is 1. The fourth-order valence-corrected chi connectivity index (χ4v) is 2.43. The van der Waals surface area contributed by atoms with Crippen LogP contribution < -0.4 is 10.1 Å². The molecule has 1 aliphatic rings. The molecule has 0 atom stereocenters. The summed E-state index contributed by atoms with van der Waals surface area (Å²) >= 11 is 3.31. The highest BCUT2D eigenvalue weighted by molar-refractivity contribution is 9.10. The van der Waals surface area contributed by atoms with Gasteiger partial charge in [-0.25, -0.2) is 9.59 Å². The Kier molecular flexibility index (Phi) is 5.51. The number of carbonyl (C=O) groups is 2. The lowest BCUT2D eigenvalue weighted by atomic mass is 10.0. The van der Waals surface area contributed by atoms with Gasteiger partial charge in [0.25, 0.3) is 0 Å². The van der Waals surface area contributed by atoms with Crippen molar-refractivity contribution in [3.8, 4) is 5.75 Å². The summed E-state index contributed by atoms with van der Waals surface area (Å²) in [7, 11) is 0. The maximum Gasteiger partial charge on any atom is 0.412 e. The Bertz CT molecular complexity index is 580. The number of rotatable bonds is 3. The van der Waals surface area contributed by atoms with Crippen LogP contribution in [0.3, 0.4) is 0 Å². The van der Waals surface area contributed by atoms with Crippen molar-refractivity contribution in [2.75, 3.05) is 19.6 Å². The van der Waals surface area contributed by atoms with E-state index < -0.39 is 11.7 Å². The SMILES string of the molecule is CC(C)(C)OC(=O)N1CC(CNC(=O)Oc2ccccc2Br)C1. The quantitative estimate of drug-likeness (QED) is 0.866. The lowest BCUT2D eigenvalue weighted by molar-refractivity contribution is -0.000490. The van der Waals surface area contributed by atoms with Crippen LogP contribution in [0, 0.1) is 5.92 Å². The van der Waals surface area contributed by atoms with Crippen LogP contribution in [0.15, 0.2) is 28.7 Å². The molecule has 0 bridgehead atoms. The molecule has 1 aliphatic heterocycles. The van der Waals surface area contributed by atoms with E-state index in [9.17, 15) is 9.59 Å². The Morgan fingerprint density at radius 2 is 1.96 bits per heavy atom. The van der Waals surface area contributed by atoms with Crippen molar-refractivity contribution in [2.45, 2.75) is 26.4 Å². The number of hydrogen-bond acceptors (Lipinski definition) is 4. The second-order valence-corrected chi connectivity index (χ2v) is 7.31. The van der Waals surface area contributed by atoms with Crippen LogP contribution in [0.1, 0.15) is 20.8 Å². The second-order valence-electron chi connectivity index (χ2n) is 6.45. The fraction of sp³-hybridized carbons (Fsp3) is 0.500. The summed E-state index contributed by atoms with van der Waals surface area (Å²) in [4.78, 5) is 25.2. The molecule has 1 N–H and O–H groups in total. The van der Waals surface area contributed by atoms with E-state index in [4.69, 9.17) is 9.47 Å². The van der Waals surface area contributed by atoms with Crippen molar-refractivity contribution < 1.29 is 19.1 Å². The van der Waals surface area contributed by atoms with Crippen molar-refractivity contribution >= 4 is 28.1 Å².